The topological polar surface area (TPSA) is 66.3 Å². The van der Waals surface area contributed by atoms with Crippen molar-refractivity contribution in [1.29, 1.82) is 0 Å². The summed E-state index contributed by atoms with van der Waals surface area (Å²) < 4.78 is 0. The number of hydrogen-bond donors (Lipinski definition) is 1. The van der Waals surface area contributed by atoms with E-state index in [9.17, 15) is 9.90 Å². The van der Waals surface area contributed by atoms with E-state index in [1.165, 1.54) is 0 Å². The summed E-state index contributed by atoms with van der Waals surface area (Å²) in [5, 5.41) is 9.52. The number of benzene rings is 1. The van der Waals surface area contributed by atoms with E-state index in [0.29, 0.717) is 12.5 Å². The molecule has 0 spiro atoms. The second-order valence-electron chi connectivity index (χ2n) is 4.43. The Balaban J connectivity index is 2.06. The summed E-state index contributed by atoms with van der Waals surface area (Å²) in [6.07, 6.45) is 4.06. The lowest BCUT2D eigenvalue weighted by Gasteiger charge is -2.34. The van der Waals surface area contributed by atoms with Crippen LogP contribution in [0.25, 0.3) is 0 Å². The van der Waals surface area contributed by atoms with Gasteiger partial charge in [0.15, 0.2) is 6.04 Å². The predicted octanol–water partition coefficient (Wildman–Crippen LogP) is 1.66. The first-order chi connectivity index (χ1) is 9.27. The minimum absolute atomic E-state index is 0.462. The molecule has 3 rings (SSSR count). The Bertz CT molecular complexity index is 601. The van der Waals surface area contributed by atoms with Gasteiger partial charge in [-0.1, -0.05) is 24.3 Å². The number of anilines is 1. The van der Waals surface area contributed by atoms with Crippen LogP contribution in [0.1, 0.15) is 17.2 Å². The van der Waals surface area contributed by atoms with Gasteiger partial charge < -0.3 is 10.0 Å². The zero-order chi connectivity index (χ0) is 13.2. The molecule has 0 bridgehead atoms. The van der Waals surface area contributed by atoms with Gasteiger partial charge in [0.1, 0.15) is 0 Å². The van der Waals surface area contributed by atoms with Crippen molar-refractivity contribution < 1.29 is 9.90 Å². The molecule has 2 heterocycles. The Morgan fingerprint density at radius 2 is 1.95 bits per heavy atom. The zero-order valence-corrected chi connectivity index (χ0v) is 10.2. The molecule has 96 valence electrons. The van der Waals surface area contributed by atoms with E-state index in [1.54, 1.807) is 23.4 Å². The predicted molar refractivity (Wildman–Crippen MR) is 69.9 cm³/mol. The Kier molecular flexibility index (Phi) is 2.87. The average Bonchev–Trinajstić information content (AvgIpc) is 2.46. The number of rotatable bonds is 2. The fourth-order valence-electron chi connectivity index (χ4n) is 2.49. The molecule has 0 aliphatic carbocycles. The SMILES string of the molecule is O=C(O)C1c2ccccc2CCN1c1ncccn1. The first kappa shape index (κ1) is 11.6. The molecule has 1 aromatic carbocycles. The largest absolute Gasteiger partial charge is 0.479 e. The normalized spacial score (nSPS) is 17.9. The van der Waals surface area contributed by atoms with Crippen molar-refractivity contribution in [2.75, 3.05) is 11.4 Å². The molecule has 1 N–H and O–H groups in total. The van der Waals surface area contributed by atoms with Crippen LogP contribution in [0.2, 0.25) is 0 Å². The van der Waals surface area contributed by atoms with Gasteiger partial charge in [0, 0.05) is 18.9 Å². The Labute approximate surface area is 110 Å². The van der Waals surface area contributed by atoms with Crippen LogP contribution in [0.3, 0.4) is 0 Å². The number of carboxylic acid groups (broad SMARTS) is 1. The maximum atomic E-state index is 11.6. The van der Waals surface area contributed by atoms with Crippen LogP contribution in [-0.4, -0.2) is 27.6 Å². The summed E-state index contributed by atoms with van der Waals surface area (Å²) in [6, 6.07) is 8.65. The van der Waals surface area contributed by atoms with Crippen molar-refractivity contribution in [1.82, 2.24) is 9.97 Å². The summed E-state index contributed by atoms with van der Waals surface area (Å²) in [5.41, 5.74) is 1.91. The lowest BCUT2D eigenvalue weighted by Crippen LogP contribution is -2.40. The van der Waals surface area contributed by atoms with Gasteiger partial charge in [-0.15, -0.1) is 0 Å². The van der Waals surface area contributed by atoms with Crippen LogP contribution in [0.4, 0.5) is 5.95 Å². The van der Waals surface area contributed by atoms with E-state index in [4.69, 9.17) is 0 Å². The molecule has 0 saturated carbocycles. The van der Waals surface area contributed by atoms with E-state index >= 15 is 0 Å². The second-order valence-corrected chi connectivity index (χ2v) is 4.43. The highest BCUT2D eigenvalue weighted by Gasteiger charge is 2.34. The zero-order valence-electron chi connectivity index (χ0n) is 10.2. The van der Waals surface area contributed by atoms with Crippen molar-refractivity contribution >= 4 is 11.9 Å². The molecule has 5 heteroatoms. The molecule has 1 unspecified atom stereocenters. The van der Waals surface area contributed by atoms with E-state index in [2.05, 4.69) is 9.97 Å². The van der Waals surface area contributed by atoms with Gasteiger partial charge in [0.2, 0.25) is 5.95 Å². The Morgan fingerprint density at radius 3 is 2.68 bits per heavy atom. The third-order valence-electron chi connectivity index (χ3n) is 3.33. The number of aromatic nitrogens is 2. The third kappa shape index (κ3) is 2.03. The second kappa shape index (κ2) is 4.68. The Hall–Kier alpha value is -2.43. The average molecular weight is 255 g/mol. The number of fused-ring (bicyclic) bond motifs is 1. The molecule has 19 heavy (non-hydrogen) atoms. The number of aliphatic carboxylic acids is 1. The maximum absolute atomic E-state index is 11.6. The highest BCUT2D eigenvalue weighted by Crippen LogP contribution is 2.31. The maximum Gasteiger partial charge on any atom is 0.331 e. The molecule has 0 saturated heterocycles. The molecule has 0 fully saturated rings. The molecule has 1 aliphatic heterocycles. The summed E-state index contributed by atoms with van der Waals surface area (Å²) in [4.78, 5) is 21.7. The molecular formula is C14H13N3O2. The van der Waals surface area contributed by atoms with Gasteiger partial charge in [-0.3, -0.25) is 0 Å². The van der Waals surface area contributed by atoms with Gasteiger partial charge in [-0.25, -0.2) is 14.8 Å². The number of nitrogens with zero attached hydrogens (tertiary/aromatic N) is 3. The fourth-order valence-corrected chi connectivity index (χ4v) is 2.49. The number of carbonyl (C=O) groups is 1. The van der Waals surface area contributed by atoms with Gasteiger partial charge in [0.05, 0.1) is 0 Å². The van der Waals surface area contributed by atoms with Crippen LogP contribution in [0, 0.1) is 0 Å². The highest BCUT2D eigenvalue weighted by molar-refractivity contribution is 5.80. The molecule has 0 amide bonds. The summed E-state index contributed by atoms with van der Waals surface area (Å²) >= 11 is 0. The van der Waals surface area contributed by atoms with Crippen molar-refractivity contribution in [2.45, 2.75) is 12.5 Å². The molecular weight excluding hydrogens is 242 g/mol. The number of hydrogen-bond acceptors (Lipinski definition) is 4. The standard InChI is InChI=1S/C14H13N3O2/c18-13(19)12-11-5-2-1-4-10(11)6-9-17(12)14-15-7-3-8-16-14/h1-5,7-8,12H,6,9H2,(H,18,19). The minimum atomic E-state index is -0.875. The van der Waals surface area contributed by atoms with Crippen molar-refractivity contribution in [3.63, 3.8) is 0 Å². The lowest BCUT2D eigenvalue weighted by molar-refractivity contribution is -0.138. The molecule has 1 atom stereocenters. The van der Waals surface area contributed by atoms with E-state index in [0.717, 1.165) is 17.5 Å². The molecule has 0 radical (unpaired) electrons. The molecule has 2 aromatic rings. The molecule has 5 nitrogen and oxygen atoms in total. The molecule has 1 aromatic heterocycles. The summed E-state index contributed by atoms with van der Waals surface area (Å²) in [6.45, 7) is 0.609. The van der Waals surface area contributed by atoms with E-state index < -0.39 is 12.0 Å². The smallest absolute Gasteiger partial charge is 0.331 e. The minimum Gasteiger partial charge on any atom is -0.479 e. The van der Waals surface area contributed by atoms with Gasteiger partial charge in [0.25, 0.3) is 0 Å². The van der Waals surface area contributed by atoms with Gasteiger partial charge in [-0.05, 0) is 23.6 Å². The van der Waals surface area contributed by atoms with Crippen LogP contribution in [0.15, 0.2) is 42.7 Å². The third-order valence-corrected chi connectivity index (χ3v) is 3.33. The van der Waals surface area contributed by atoms with Crippen LogP contribution < -0.4 is 4.90 Å². The first-order valence-electron chi connectivity index (χ1n) is 6.11. The summed E-state index contributed by atoms with van der Waals surface area (Å²) in [7, 11) is 0. The Morgan fingerprint density at radius 1 is 1.21 bits per heavy atom. The highest BCUT2D eigenvalue weighted by atomic mass is 16.4. The first-order valence-corrected chi connectivity index (χ1v) is 6.11. The van der Waals surface area contributed by atoms with Crippen molar-refractivity contribution in [3.8, 4) is 0 Å². The van der Waals surface area contributed by atoms with Gasteiger partial charge in [-0.2, -0.15) is 0 Å². The fraction of sp³-hybridized carbons (Fsp3) is 0.214. The van der Waals surface area contributed by atoms with Gasteiger partial charge >= 0.3 is 5.97 Å². The van der Waals surface area contributed by atoms with Crippen molar-refractivity contribution in [3.05, 3.63) is 53.9 Å². The van der Waals surface area contributed by atoms with E-state index in [1.807, 2.05) is 24.3 Å². The summed E-state index contributed by atoms with van der Waals surface area (Å²) in [5.74, 6) is -0.413. The lowest BCUT2D eigenvalue weighted by atomic mass is 9.93. The quantitative estimate of drug-likeness (QED) is 0.884. The number of carboxylic acids is 1. The monoisotopic (exact) mass is 255 g/mol. The van der Waals surface area contributed by atoms with Crippen LogP contribution in [0.5, 0.6) is 0 Å². The molecule has 1 aliphatic rings. The van der Waals surface area contributed by atoms with Crippen LogP contribution >= 0.6 is 0 Å². The van der Waals surface area contributed by atoms with Crippen LogP contribution in [-0.2, 0) is 11.2 Å². The van der Waals surface area contributed by atoms with Crippen molar-refractivity contribution in [2.24, 2.45) is 0 Å². The van der Waals surface area contributed by atoms with E-state index in [-0.39, 0.29) is 0 Å².